The van der Waals surface area contributed by atoms with E-state index in [1.807, 2.05) is 40.8 Å². The first kappa shape index (κ1) is 15.8. The minimum Gasteiger partial charge on any atom is -0.338 e. The minimum absolute atomic E-state index is 0.0810. The molecule has 1 saturated heterocycles. The standard InChI is InChI=1S/C18H21BrN4O/c1-11-15(8-21-23(11)14-5-3-13(19)4-6-14)18(24)22-9-12-2-7-17(20)16(12)10-22/h3-6,8,12,16-17H,2,7,9-10,20H2,1H3. The third-order valence-electron chi connectivity index (χ3n) is 5.51. The van der Waals surface area contributed by atoms with Crippen LogP contribution in [0.15, 0.2) is 34.9 Å². The summed E-state index contributed by atoms with van der Waals surface area (Å²) in [6.07, 6.45) is 3.93. The SMILES string of the molecule is Cc1c(C(=O)N2CC3CCC(N)C3C2)cnn1-c1ccc(Br)cc1. The summed E-state index contributed by atoms with van der Waals surface area (Å²) in [6.45, 7) is 3.57. The number of carbonyl (C=O) groups is 1. The fourth-order valence-electron chi connectivity index (χ4n) is 4.11. The molecule has 2 aromatic rings. The van der Waals surface area contributed by atoms with E-state index in [-0.39, 0.29) is 11.9 Å². The van der Waals surface area contributed by atoms with E-state index in [0.29, 0.717) is 17.4 Å². The van der Waals surface area contributed by atoms with Gasteiger partial charge in [0.15, 0.2) is 0 Å². The van der Waals surface area contributed by atoms with Gasteiger partial charge >= 0.3 is 0 Å². The van der Waals surface area contributed by atoms with E-state index in [1.54, 1.807) is 6.20 Å². The number of amides is 1. The Bertz CT molecular complexity index is 770. The highest BCUT2D eigenvalue weighted by molar-refractivity contribution is 9.10. The second kappa shape index (κ2) is 6.01. The van der Waals surface area contributed by atoms with Crippen LogP contribution in [0.25, 0.3) is 5.69 Å². The van der Waals surface area contributed by atoms with Crippen molar-refractivity contribution in [2.45, 2.75) is 25.8 Å². The van der Waals surface area contributed by atoms with Crippen LogP contribution in [0.2, 0.25) is 0 Å². The van der Waals surface area contributed by atoms with Gasteiger partial charge in [-0.05, 0) is 55.9 Å². The summed E-state index contributed by atoms with van der Waals surface area (Å²) in [4.78, 5) is 14.9. The fourth-order valence-corrected chi connectivity index (χ4v) is 4.37. The lowest BCUT2D eigenvalue weighted by molar-refractivity contribution is 0.0779. The lowest BCUT2D eigenvalue weighted by Crippen LogP contribution is -2.33. The van der Waals surface area contributed by atoms with Gasteiger partial charge in [0.1, 0.15) is 0 Å². The normalized spacial score (nSPS) is 26.0. The number of aromatic nitrogens is 2. The predicted octanol–water partition coefficient (Wildman–Crippen LogP) is 2.75. The highest BCUT2D eigenvalue weighted by Gasteiger charge is 2.43. The van der Waals surface area contributed by atoms with Gasteiger partial charge in [0.2, 0.25) is 0 Å². The maximum atomic E-state index is 12.9. The third-order valence-corrected chi connectivity index (χ3v) is 6.04. The molecule has 2 N–H and O–H groups in total. The molecule has 126 valence electrons. The van der Waals surface area contributed by atoms with Gasteiger partial charge in [0.25, 0.3) is 5.91 Å². The summed E-state index contributed by atoms with van der Waals surface area (Å²) in [7, 11) is 0. The van der Waals surface area contributed by atoms with E-state index >= 15 is 0 Å². The molecule has 2 heterocycles. The number of nitrogens with two attached hydrogens (primary N) is 1. The van der Waals surface area contributed by atoms with Crippen LogP contribution in [0.5, 0.6) is 0 Å². The first-order chi connectivity index (χ1) is 11.5. The number of fused-ring (bicyclic) bond motifs is 1. The fraction of sp³-hybridized carbons (Fsp3) is 0.444. The van der Waals surface area contributed by atoms with E-state index in [4.69, 9.17) is 5.73 Å². The third kappa shape index (κ3) is 2.58. The predicted molar refractivity (Wildman–Crippen MR) is 96.1 cm³/mol. The summed E-state index contributed by atoms with van der Waals surface area (Å²) in [5.41, 5.74) is 8.70. The van der Waals surface area contributed by atoms with Gasteiger partial charge in [-0.2, -0.15) is 5.10 Å². The molecule has 3 unspecified atom stereocenters. The van der Waals surface area contributed by atoms with Crippen LogP contribution in [0.1, 0.15) is 28.9 Å². The van der Waals surface area contributed by atoms with Crippen LogP contribution in [-0.2, 0) is 0 Å². The van der Waals surface area contributed by atoms with Crippen molar-refractivity contribution in [3.05, 3.63) is 46.2 Å². The molecule has 0 spiro atoms. The summed E-state index contributed by atoms with van der Waals surface area (Å²) < 4.78 is 2.84. The Kier molecular flexibility index (Phi) is 3.96. The smallest absolute Gasteiger partial charge is 0.257 e. The highest BCUT2D eigenvalue weighted by Crippen LogP contribution is 2.37. The van der Waals surface area contributed by atoms with Crippen molar-refractivity contribution in [1.29, 1.82) is 0 Å². The molecule has 1 aromatic heterocycles. The molecule has 2 aliphatic rings. The summed E-state index contributed by atoms with van der Waals surface area (Å²) >= 11 is 3.44. The van der Waals surface area contributed by atoms with Crippen molar-refractivity contribution in [2.24, 2.45) is 17.6 Å². The molecule has 3 atom stereocenters. The summed E-state index contributed by atoms with van der Waals surface area (Å²) in [5.74, 6) is 1.12. The topological polar surface area (TPSA) is 64.2 Å². The monoisotopic (exact) mass is 388 g/mol. The summed E-state index contributed by atoms with van der Waals surface area (Å²) in [5, 5.41) is 4.42. The number of benzene rings is 1. The van der Waals surface area contributed by atoms with Crippen LogP contribution < -0.4 is 5.73 Å². The zero-order valence-corrected chi connectivity index (χ0v) is 15.2. The van der Waals surface area contributed by atoms with E-state index in [9.17, 15) is 4.79 Å². The Morgan fingerprint density at radius 2 is 2.00 bits per heavy atom. The average Bonchev–Trinajstić information content (AvgIpc) is 3.24. The number of hydrogen-bond acceptors (Lipinski definition) is 3. The maximum absolute atomic E-state index is 12.9. The zero-order chi connectivity index (χ0) is 16.8. The zero-order valence-electron chi connectivity index (χ0n) is 13.7. The first-order valence-electron chi connectivity index (χ1n) is 8.40. The van der Waals surface area contributed by atoms with Gasteiger partial charge in [0, 0.05) is 23.6 Å². The quantitative estimate of drug-likeness (QED) is 0.859. The molecule has 1 aliphatic carbocycles. The van der Waals surface area contributed by atoms with Crippen LogP contribution in [0, 0.1) is 18.8 Å². The van der Waals surface area contributed by atoms with Crippen LogP contribution in [0.4, 0.5) is 0 Å². The van der Waals surface area contributed by atoms with Gasteiger partial charge in [-0.1, -0.05) is 15.9 Å². The molecule has 5 nitrogen and oxygen atoms in total. The van der Waals surface area contributed by atoms with E-state index in [1.165, 1.54) is 0 Å². The van der Waals surface area contributed by atoms with Gasteiger partial charge in [0.05, 0.1) is 23.1 Å². The van der Waals surface area contributed by atoms with Crippen molar-refractivity contribution in [3.8, 4) is 5.69 Å². The summed E-state index contributed by atoms with van der Waals surface area (Å²) in [6, 6.07) is 8.16. The number of likely N-dealkylation sites (tertiary alicyclic amines) is 1. The number of rotatable bonds is 2. The van der Waals surface area contributed by atoms with Crippen molar-refractivity contribution < 1.29 is 4.79 Å². The number of halogens is 1. The second-order valence-electron chi connectivity index (χ2n) is 6.91. The van der Waals surface area contributed by atoms with Crippen LogP contribution in [-0.4, -0.2) is 39.7 Å². The molecular formula is C18H21BrN4O. The number of nitrogens with zero attached hydrogens (tertiary/aromatic N) is 3. The van der Waals surface area contributed by atoms with E-state index < -0.39 is 0 Å². The average molecular weight is 389 g/mol. The van der Waals surface area contributed by atoms with Gasteiger partial charge in [-0.15, -0.1) is 0 Å². The lowest BCUT2D eigenvalue weighted by atomic mass is 9.98. The van der Waals surface area contributed by atoms with E-state index in [0.717, 1.165) is 41.8 Å². The van der Waals surface area contributed by atoms with Gasteiger partial charge in [-0.25, -0.2) is 4.68 Å². The number of carbonyl (C=O) groups excluding carboxylic acids is 1. The van der Waals surface area contributed by atoms with Crippen molar-refractivity contribution >= 4 is 21.8 Å². The van der Waals surface area contributed by atoms with E-state index in [2.05, 4.69) is 21.0 Å². The molecule has 24 heavy (non-hydrogen) atoms. The second-order valence-corrected chi connectivity index (χ2v) is 7.82. The van der Waals surface area contributed by atoms with Crippen molar-refractivity contribution in [3.63, 3.8) is 0 Å². The van der Waals surface area contributed by atoms with Gasteiger partial charge in [-0.3, -0.25) is 4.79 Å². The lowest BCUT2D eigenvalue weighted by Gasteiger charge is -2.18. The molecule has 0 bridgehead atoms. The Hall–Kier alpha value is -1.66. The Balaban J connectivity index is 1.57. The first-order valence-corrected chi connectivity index (χ1v) is 9.19. The van der Waals surface area contributed by atoms with Crippen LogP contribution >= 0.6 is 15.9 Å². The largest absolute Gasteiger partial charge is 0.338 e. The maximum Gasteiger partial charge on any atom is 0.257 e. The molecule has 6 heteroatoms. The molecular weight excluding hydrogens is 368 g/mol. The molecule has 4 rings (SSSR count). The molecule has 1 saturated carbocycles. The molecule has 1 amide bonds. The Morgan fingerprint density at radius 1 is 1.25 bits per heavy atom. The highest BCUT2D eigenvalue weighted by atomic mass is 79.9. The minimum atomic E-state index is 0.0810. The van der Waals surface area contributed by atoms with Crippen molar-refractivity contribution in [1.82, 2.24) is 14.7 Å². The molecule has 2 fully saturated rings. The molecule has 1 aromatic carbocycles. The Labute approximate surface area is 149 Å². The number of hydrogen-bond donors (Lipinski definition) is 1. The van der Waals surface area contributed by atoms with Crippen LogP contribution in [0.3, 0.4) is 0 Å². The molecule has 1 aliphatic heterocycles. The van der Waals surface area contributed by atoms with Crippen molar-refractivity contribution in [2.75, 3.05) is 13.1 Å². The van der Waals surface area contributed by atoms with Gasteiger partial charge < -0.3 is 10.6 Å². The molecule has 0 radical (unpaired) electrons. The Morgan fingerprint density at radius 3 is 2.71 bits per heavy atom.